The van der Waals surface area contributed by atoms with E-state index in [2.05, 4.69) is 25.5 Å². The molecule has 0 spiro atoms. The Labute approximate surface area is 91.6 Å². The Bertz CT molecular complexity index is 230. The minimum Gasteiger partial charge on any atom is -0.469 e. The Morgan fingerprint density at radius 2 is 1.80 bits per heavy atom. The summed E-state index contributed by atoms with van der Waals surface area (Å²) in [6, 6.07) is 0. The Hall–Kier alpha value is -1.06. The molecule has 0 fully saturated rings. The van der Waals surface area contributed by atoms with Gasteiger partial charge in [0.15, 0.2) is 0 Å². The lowest BCUT2D eigenvalue weighted by atomic mass is 9.92. The molecule has 0 rings (SSSR count). The summed E-state index contributed by atoms with van der Waals surface area (Å²) in [6.45, 7) is 7.02. The molecular weight excluding hydrogens is 194 g/mol. The summed E-state index contributed by atoms with van der Waals surface area (Å²) < 4.78 is 4.43. The van der Waals surface area contributed by atoms with Crippen molar-refractivity contribution in [2.45, 2.75) is 33.6 Å². The van der Waals surface area contributed by atoms with Crippen molar-refractivity contribution in [3.8, 4) is 0 Å². The van der Waals surface area contributed by atoms with E-state index in [-0.39, 0.29) is 17.7 Å². The first kappa shape index (κ1) is 13.9. The zero-order valence-corrected chi connectivity index (χ0v) is 10.3. The third kappa shape index (κ3) is 6.94. The molecule has 0 unspecified atom stereocenters. The molecule has 0 aromatic rings. The van der Waals surface area contributed by atoms with Crippen LogP contribution in [-0.4, -0.2) is 37.5 Å². The third-order valence-corrected chi connectivity index (χ3v) is 2.15. The Kier molecular flexibility index (Phi) is 5.33. The largest absolute Gasteiger partial charge is 0.469 e. The smallest absolute Gasteiger partial charge is 0.315 e. The number of methoxy groups -OCH3 is 1. The molecule has 0 aromatic heterocycles. The van der Waals surface area contributed by atoms with Gasteiger partial charge in [0.1, 0.15) is 6.42 Å². The number of esters is 1. The summed E-state index contributed by atoms with van der Waals surface area (Å²) in [5, 5.41) is 0. The maximum atomic E-state index is 11.5. The number of amides is 1. The lowest BCUT2D eigenvalue weighted by Gasteiger charge is -2.23. The predicted octanol–water partition coefficient (Wildman–Crippen LogP) is 1.44. The monoisotopic (exact) mass is 215 g/mol. The van der Waals surface area contributed by atoms with Crippen LogP contribution < -0.4 is 0 Å². The lowest BCUT2D eigenvalue weighted by Crippen LogP contribution is -2.31. The number of carbonyl (C=O) groups excluding carboxylic acids is 2. The minimum absolute atomic E-state index is 0.170. The summed E-state index contributed by atoms with van der Waals surface area (Å²) >= 11 is 0. The molecule has 88 valence electrons. The Morgan fingerprint density at radius 1 is 1.27 bits per heavy atom. The van der Waals surface area contributed by atoms with Crippen molar-refractivity contribution in [3.05, 3.63) is 0 Å². The molecule has 1 amide bonds. The fourth-order valence-electron chi connectivity index (χ4n) is 0.958. The van der Waals surface area contributed by atoms with Crippen molar-refractivity contribution in [3.63, 3.8) is 0 Å². The zero-order chi connectivity index (χ0) is 12.1. The quantitative estimate of drug-likeness (QED) is 0.526. The van der Waals surface area contributed by atoms with Gasteiger partial charge in [-0.1, -0.05) is 20.8 Å². The van der Waals surface area contributed by atoms with Gasteiger partial charge in [0.05, 0.1) is 7.11 Å². The highest BCUT2D eigenvalue weighted by Crippen LogP contribution is 2.18. The maximum Gasteiger partial charge on any atom is 0.315 e. The van der Waals surface area contributed by atoms with Crippen LogP contribution in [0.15, 0.2) is 0 Å². The summed E-state index contributed by atoms with van der Waals surface area (Å²) in [6.07, 6.45) is 0.744. The zero-order valence-electron chi connectivity index (χ0n) is 10.3. The van der Waals surface area contributed by atoms with Gasteiger partial charge in [-0.05, 0) is 11.8 Å². The van der Waals surface area contributed by atoms with E-state index in [0.29, 0.717) is 6.54 Å². The second-order valence-electron chi connectivity index (χ2n) is 4.88. The second-order valence-corrected chi connectivity index (χ2v) is 4.88. The van der Waals surface area contributed by atoms with Crippen molar-refractivity contribution in [1.29, 1.82) is 0 Å². The van der Waals surface area contributed by atoms with Crippen LogP contribution in [0.2, 0.25) is 0 Å². The first-order valence-corrected chi connectivity index (χ1v) is 5.07. The summed E-state index contributed by atoms with van der Waals surface area (Å²) in [4.78, 5) is 23.9. The number of hydrogen-bond acceptors (Lipinski definition) is 3. The molecule has 0 aliphatic rings. The second kappa shape index (κ2) is 5.73. The molecule has 0 saturated carbocycles. The van der Waals surface area contributed by atoms with E-state index in [4.69, 9.17) is 0 Å². The normalized spacial score (nSPS) is 11.0. The lowest BCUT2D eigenvalue weighted by molar-refractivity contribution is -0.146. The maximum absolute atomic E-state index is 11.5. The molecule has 0 aromatic carbocycles. The first-order chi connectivity index (χ1) is 6.76. The van der Waals surface area contributed by atoms with Gasteiger partial charge in [0, 0.05) is 13.6 Å². The van der Waals surface area contributed by atoms with Crippen molar-refractivity contribution in [2.24, 2.45) is 5.41 Å². The van der Waals surface area contributed by atoms with Gasteiger partial charge in [0.2, 0.25) is 5.91 Å². The van der Waals surface area contributed by atoms with Crippen LogP contribution in [0, 0.1) is 5.41 Å². The van der Waals surface area contributed by atoms with E-state index in [9.17, 15) is 9.59 Å². The van der Waals surface area contributed by atoms with Crippen molar-refractivity contribution >= 4 is 11.9 Å². The molecular formula is C11H21NO3. The fourth-order valence-corrected chi connectivity index (χ4v) is 0.958. The third-order valence-electron chi connectivity index (χ3n) is 2.15. The van der Waals surface area contributed by atoms with Crippen LogP contribution in [0.1, 0.15) is 33.6 Å². The molecule has 0 saturated heterocycles. The standard InChI is InChI=1S/C11H21NO3/c1-11(2,3)6-7-12(4)9(13)8-10(14)15-5/h6-8H2,1-5H3. The van der Waals surface area contributed by atoms with Crippen molar-refractivity contribution < 1.29 is 14.3 Å². The topological polar surface area (TPSA) is 46.6 Å². The van der Waals surface area contributed by atoms with Crippen LogP contribution >= 0.6 is 0 Å². The van der Waals surface area contributed by atoms with Crippen LogP contribution in [0.4, 0.5) is 0 Å². The minimum atomic E-state index is -0.484. The van der Waals surface area contributed by atoms with E-state index in [0.717, 1.165) is 6.42 Å². The Morgan fingerprint density at radius 3 is 2.20 bits per heavy atom. The molecule has 0 N–H and O–H groups in total. The number of carbonyl (C=O) groups is 2. The highest BCUT2D eigenvalue weighted by Gasteiger charge is 2.17. The van der Waals surface area contributed by atoms with E-state index in [1.807, 2.05) is 0 Å². The molecule has 0 aliphatic carbocycles. The van der Waals surface area contributed by atoms with Gasteiger partial charge in [-0.15, -0.1) is 0 Å². The van der Waals surface area contributed by atoms with Gasteiger partial charge >= 0.3 is 5.97 Å². The molecule has 4 heteroatoms. The van der Waals surface area contributed by atoms with Crippen molar-refractivity contribution in [2.75, 3.05) is 20.7 Å². The van der Waals surface area contributed by atoms with Gasteiger partial charge in [-0.2, -0.15) is 0 Å². The van der Waals surface area contributed by atoms with Crippen LogP contribution in [0.5, 0.6) is 0 Å². The summed E-state index contributed by atoms with van der Waals surface area (Å²) in [5.74, 6) is -0.672. The van der Waals surface area contributed by atoms with E-state index in [1.165, 1.54) is 7.11 Å². The van der Waals surface area contributed by atoms with Gasteiger partial charge in [-0.3, -0.25) is 9.59 Å². The van der Waals surface area contributed by atoms with Crippen LogP contribution in [-0.2, 0) is 14.3 Å². The number of rotatable bonds is 4. The van der Waals surface area contributed by atoms with Crippen LogP contribution in [0.3, 0.4) is 0 Å². The van der Waals surface area contributed by atoms with E-state index in [1.54, 1.807) is 11.9 Å². The molecule has 15 heavy (non-hydrogen) atoms. The molecule has 0 atom stereocenters. The SMILES string of the molecule is COC(=O)CC(=O)N(C)CCC(C)(C)C. The molecule has 0 radical (unpaired) electrons. The van der Waals surface area contributed by atoms with E-state index < -0.39 is 5.97 Å². The first-order valence-electron chi connectivity index (χ1n) is 5.07. The Balaban J connectivity index is 3.95. The summed E-state index contributed by atoms with van der Waals surface area (Å²) in [7, 11) is 2.99. The van der Waals surface area contributed by atoms with Gasteiger partial charge in [0.25, 0.3) is 0 Å². The highest BCUT2D eigenvalue weighted by atomic mass is 16.5. The molecule has 0 bridgehead atoms. The van der Waals surface area contributed by atoms with E-state index >= 15 is 0 Å². The molecule has 4 nitrogen and oxygen atoms in total. The number of ether oxygens (including phenoxy) is 1. The van der Waals surface area contributed by atoms with Crippen LogP contribution in [0.25, 0.3) is 0 Å². The summed E-state index contributed by atoms with van der Waals surface area (Å²) in [5.41, 5.74) is 0.194. The fraction of sp³-hybridized carbons (Fsp3) is 0.818. The predicted molar refractivity (Wildman–Crippen MR) is 58.3 cm³/mol. The van der Waals surface area contributed by atoms with Gasteiger partial charge in [-0.25, -0.2) is 0 Å². The average Bonchev–Trinajstić information content (AvgIpc) is 2.12. The molecule has 0 heterocycles. The number of hydrogen-bond donors (Lipinski definition) is 0. The highest BCUT2D eigenvalue weighted by molar-refractivity contribution is 5.94. The average molecular weight is 215 g/mol. The molecule has 0 aliphatic heterocycles. The van der Waals surface area contributed by atoms with Crippen molar-refractivity contribution in [1.82, 2.24) is 4.90 Å². The van der Waals surface area contributed by atoms with Gasteiger partial charge < -0.3 is 9.64 Å². The number of nitrogens with zero attached hydrogens (tertiary/aromatic N) is 1.